The molecule has 0 aromatic heterocycles. The first-order chi connectivity index (χ1) is 3.31. The molecule has 0 spiro atoms. The van der Waals surface area contributed by atoms with Crippen molar-refractivity contribution in [3.8, 4) is 0 Å². The number of thioether (sulfide) groups is 1. The molecule has 0 aliphatic rings. The van der Waals surface area contributed by atoms with E-state index in [4.69, 9.17) is 0 Å². The van der Waals surface area contributed by atoms with Crippen molar-refractivity contribution in [1.82, 2.24) is 0 Å². The molecule has 0 nitrogen and oxygen atoms in total. The Morgan fingerprint density at radius 3 is 2.57 bits per heavy atom. The maximum absolute atomic E-state index is 3.61. The molecule has 0 aliphatic heterocycles. The fraction of sp³-hybridized carbons (Fsp3) is 0.667. The van der Waals surface area contributed by atoms with Crippen LogP contribution in [0.25, 0.3) is 0 Å². The van der Waals surface area contributed by atoms with Crippen LogP contribution in [0.2, 0.25) is 0 Å². The lowest BCUT2D eigenvalue weighted by molar-refractivity contribution is 0.910. The third-order valence-corrected chi connectivity index (χ3v) is 1.89. The Morgan fingerprint density at radius 2 is 2.43 bits per heavy atom. The molecular weight excluding hydrogens is 104 g/mol. The molecule has 1 atom stereocenters. The SMILES string of the molecule is C=CSC(C)CC. The summed E-state index contributed by atoms with van der Waals surface area (Å²) in [7, 11) is 0. The Hall–Kier alpha value is 0.0900. The smallest absolute Gasteiger partial charge is 0.00573 e. The number of hydrogen-bond acceptors (Lipinski definition) is 1. The summed E-state index contributed by atoms with van der Waals surface area (Å²) in [5, 5.41) is 2.64. The van der Waals surface area contributed by atoms with Crippen molar-refractivity contribution >= 4 is 11.8 Å². The van der Waals surface area contributed by atoms with Gasteiger partial charge in [-0.3, -0.25) is 0 Å². The van der Waals surface area contributed by atoms with Crippen LogP contribution in [0.15, 0.2) is 12.0 Å². The highest BCUT2D eigenvalue weighted by atomic mass is 32.2. The van der Waals surface area contributed by atoms with E-state index in [9.17, 15) is 0 Å². The van der Waals surface area contributed by atoms with Gasteiger partial charge in [-0.15, -0.1) is 11.8 Å². The van der Waals surface area contributed by atoms with Crippen LogP contribution >= 0.6 is 11.8 Å². The number of rotatable bonds is 3. The monoisotopic (exact) mass is 116 g/mol. The predicted molar refractivity (Wildman–Crippen MR) is 37.5 cm³/mol. The Balaban J connectivity index is 2.98. The third kappa shape index (κ3) is 3.93. The van der Waals surface area contributed by atoms with Gasteiger partial charge in [-0.2, -0.15) is 0 Å². The van der Waals surface area contributed by atoms with Crippen molar-refractivity contribution in [3.05, 3.63) is 12.0 Å². The van der Waals surface area contributed by atoms with Gasteiger partial charge in [0.2, 0.25) is 0 Å². The molecule has 0 heterocycles. The molecule has 1 unspecified atom stereocenters. The summed E-state index contributed by atoms with van der Waals surface area (Å²) in [6.07, 6.45) is 1.23. The van der Waals surface area contributed by atoms with E-state index >= 15 is 0 Å². The Bertz CT molecular complexity index is 50.1. The molecule has 0 bridgehead atoms. The lowest BCUT2D eigenvalue weighted by Gasteiger charge is -1.99. The molecule has 42 valence electrons. The van der Waals surface area contributed by atoms with Gasteiger partial charge in [-0.1, -0.05) is 20.4 Å². The fourth-order valence-electron chi connectivity index (χ4n) is 0.260. The van der Waals surface area contributed by atoms with Crippen LogP contribution in [-0.4, -0.2) is 5.25 Å². The largest absolute Gasteiger partial charge is 0.132 e. The van der Waals surface area contributed by atoms with Gasteiger partial charge in [0.05, 0.1) is 0 Å². The molecule has 0 N–H and O–H groups in total. The Kier molecular flexibility index (Phi) is 4.31. The van der Waals surface area contributed by atoms with Crippen LogP contribution in [0.4, 0.5) is 0 Å². The second-order valence-corrected chi connectivity index (χ2v) is 2.93. The molecule has 0 saturated carbocycles. The molecule has 0 fully saturated rings. The van der Waals surface area contributed by atoms with E-state index in [1.165, 1.54) is 6.42 Å². The average Bonchev–Trinajstić information content (AvgIpc) is 1.68. The van der Waals surface area contributed by atoms with Crippen molar-refractivity contribution in [2.45, 2.75) is 25.5 Å². The van der Waals surface area contributed by atoms with Gasteiger partial charge in [0.25, 0.3) is 0 Å². The molecule has 7 heavy (non-hydrogen) atoms. The van der Waals surface area contributed by atoms with Crippen molar-refractivity contribution in [2.75, 3.05) is 0 Å². The zero-order valence-electron chi connectivity index (χ0n) is 4.98. The first kappa shape index (κ1) is 7.09. The topological polar surface area (TPSA) is 0 Å². The zero-order valence-corrected chi connectivity index (χ0v) is 5.79. The van der Waals surface area contributed by atoms with Crippen molar-refractivity contribution in [3.63, 3.8) is 0 Å². The highest BCUT2D eigenvalue weighted by Crippen LogP contribution is 2.12. The molecule has 0 aliphatic carbocycles. The van der Waals surface area contributed by atoms with E-state index in [-0.39, 0.29) is 0 Å². The fourth-order valence-corrected chi connectivity index (χ4v) is 0.781. The molecule has 0 radical (unpaired) electrons. The predicted octanol–water partition coefficient (Wildman–Crippen LogP) is 2.66. The lowest BCUT2D eigenvalue weighted by Crippen LogP contribution is -1.87. The van der Waals surface area contributed by atoms with Crippen molar-refractivity contribution in [2.24, 2.45) is 0 Å². The van der Waals surface area contributed by atoms with Gasteiger partial charge in [0.1, 0.15) is 0 Å². The van der Waals surface area contributed by atoms with Gasteiger partial charge in [-0.05, 0) is 11.8 Å². The standard InChI is InChI=1S/C6H12S/c1-4-6(3)7-5-2/h5-6H,2,4H2,1,3H3. The van der Waals surface area contributed by atoms with E-state index in [0.29, 0.717) is 0 Å². The van der Waals surface area contributed by atoms with E-state index in [2.05, 4.69) is 20.4 Å². The zero-order chi connectivity index (χ0) is 5.70. The van der Waals surface area contributed by atoms with Gasteiger partial charge >= 0.3 is 0 Å². The molecule has 0 amide bonds. The summed E-state index contributed by atoms with van der Waals surface area (Å²) in [5.74, 6) is 0. The van der Waals surface area contributed by atoms with Gasteiger partial charge in [0.15, 0.2) is 0 Å². The van der Waals surface area contributed by atoms with Crippen LogP contribution in [0.3, 0.4) is 0 Å². The highest BCUT2D eigenvalue weighted by Gasteiger charge is 1.91. The summed E-state index contributed by atoms with van der Waals surface area (Å²) in [6.45, 7) is 7.99. The first-order valence-electron chi connectivity index (χ1n) is 2.57. The lowest BCUT2D eigenvalue weighted by atomic mass is 10.4. The van der Waals surface area contributed by atoms with Crippen LogP contribution in [0.5, 0.6) is 0 Å². The van der Waals surface area contributed by atoms with Crippen LogP contribution in [-0.2, 0) is 0 Å². The minimum absolute atomic E-state index is 0.748. The van der Waals surface area contributed by atoms with Crippen molar-refractivity contribution < 1.29 is 0 Å². The van der Waals surface area contributed by atoms with E-state index in [1.807, 2.05) is 5.41 Å². The van der Waals surface area contributed by atoms with Crippen molar-refractivity contribution in [1.29, 1.82) is 0 Å². The Morgan fingerprint density at radius 1 is 1.86 bits per heavy atom. The molecule has 0 aromatic carbocycles. The minimum atomic E-state index is 0.748. The maximum Gasteiger partial charge on any atom is 0.00573 e. The first-order valence-corrected chi connectivity index (χ1v) is 3.52. The van der Waals surface area contributed by atoms with E-state index in [0.717, 1.165) is 5.25 Å². The van der Waals surface area contributed by atoms with Crippen LogP contribution in [0, 0.1) is 0 Å². The Labute approximate surface area is 50.0 Å². The second-order valence-electron chi connectivity index (χ2n) is 1.52. The van der Waals surface area contributed by atoms with E-state index < -0.39 is 0 Å². The summed E-state index contributed by atoms with van der Waals surface area (Å²) in [4.78, 5) is 0. The van der Waals surface area contributed by atoms with Crippen LogP contribution in [0.1, 0.15) is 20.3 Å². The normalized spacial score (nSPS) is 13.4. The van der Waals surface area contributed by atoms with Gasteiger partial charge in [-0.25, -0.2) is 0 Å². The maximum atomic E-state index is 3.61. The summed E-state index contributed by atoms with van der Waals surface area (Å²) >= 11 is 1.80. The number of hydrogen-bond donors (Lipinski definition) is 0. The molecule has 1 heteroatoms. The average molecular weight is 116 g/mol. The molecule has 0 aromatic rings. The molecule has 0 rings (SSSR count). The third-order valence-electron chi connectivity index (χ3n) is 0.903. The quantitative estimate of drug-likeness (QED) is 0.546. The summed E-state index contributed by atoms with van der Waals surface area (Å²) in [6, 6.07) is 0. The summed E-state index contributed by atoms with van der Waals surface area (Å²) in [5.41, 5.74) is 0. The van der Waals surface area contributed by atoms with Gasteiger partial charge < -0.3 is 0 Å². The summed E-state index contributed by atoms with van der Waals surface area (Å²) < 4.78 is 0. The van der Waals surface area contributed by atoms with Crippen LogP contribution < -0.4 is 0 Å². The second kappa shape index (κ2) is 4.25. The molecule has 0 saturated heterocycles. The minimum Gasteiger partial charge on any atom is -0.132 e. The van der Waals surface area contributed by atoms with Gasteiger partial charge in [0, 0.05) is 5.25 Å². The highest BCUT2D eigenvalue weighted by molar-refractivity contribution is 8.02. The van der Waals surface area contributed by atoms with E-state index in [1.54, 1.807) is 11.8 Å². The molecular formula is C6H12S.